The van der Waals surface area contributed by atoms with Crippen molar-refractivity contribution >= 4 is 11.8 Å². The Morgan fingerprint density at radius 1 is 1.29 bits per heavy atom. The van der Waals surface area contributed by atoms with E-state index in [9.17, 15) is 14.0 Å². The highest BCUT2D eigenvalue weighted by Gasteiger charge is 2.35. The molecule has 1 N–H and O–H groups in total. The van der Waals surface area contributed by atoms with Crippen molar-refractivity contribution in [1.82, 2.24) is 10.2 Å². The molecule has 5 nitrogen and oxygen atoms in total. The molecule has 1 aromatic rings. The summed E-state index contributed by atoms with van der Waals surface area (Å²) in [6, 6.07) is 5.53. The average molecular weight is 294 g/mol. The summed E-state index contributed by atoms with van der Waals surface area (Å²) in [5, 5.41) is 2.72. The van der Waals surface area contributed by atoms with Gasteiger partial charge in [0.25, 0.3) is 5.91 Å². The van der Waals surface area contributed by atoms with Gasteiger partial charge in [-0.15, -0.1) is 0 Å². The van der Waals surface area contributed by atoms with Gasteiger partial charge in [0.2, 0.25) is 5.91 Å². The average Bonchev–Trinajstić information content (AvgIpc) is 2.65. The first kappa shape index (κ1) is 15.3. The van der Waals surface area contributed by atoms with E-state index in [-0.39, 0.29) is 17.6 Å². The van der Waals surface area contributed by atoms with Gasteiger partial charge < -0.3 is 15.0 Å². The number of carbonyl (C=O) groups is 2. The number of hydrogen-bond donors (Lipinski definition) is 1. The highest BCUT2D eigenvalue weighted by Crippen LogP contribution is 2.21. The quantitative estimate of drug-likeness (QED) is 0.915. The normalized spacial score (nSPS) is 16.1. The van der Waals surface area contributed by atoms with E-state index in [4.69, 9.17) is 4.74 Å². The van der Waals surface area contributed by atoms with Crippen LogP contribution in [0.2, 0.25) is 0 Å². The maximum atomic E-state index is 12.9. The Kier molecular flexibility index (Phi) is 4.45. The molecule has 0 radical (unpaired) electrons. The number of benzene rings is 1. The number of nitrogens with one attached hydrogen (secondary N) is 1. The van der Waals surface area contributed by atoms with Gasteiger partial charge in [0.05, 0.1) is 0 Å². The zero-order valence-electron chi connectivity index (χ0n) is 12.2. The number of halogens is 1. The van der Waals surface area contributed by atoms with Crippen LogP contribution in [0.3, 0.4) is 0 Å². The Morgan fingerprint density at radius 3 is 2.62 bits per heavy atom. The fourth-order valence-electron chi connectivity index (χ4n) is 2.19. The van der Waals surface area contributed by atoms with E-state index < -0.39 is 5.60 Å². The van der Waals surface area contributed by atoms with Gasteiger partial charge in [-0.25, -0.2) is 4.39 Å². The summed E-state index contributed by atoms with van der Waals surface area (Å²) < 4.78 is 18.6. The third-order valence-corrected chi connectivity index (χ3v) is 3.30. The molecule has 0 bridgehead atoms. The second-order valence-corrected chi connectivity index (χ2v) is 5.46. The van der Waals surface area contributed by atoms with Crippen LogP contribution in [0.4, 0.5) is 4.39 Å². The standard InChI is InChI=1S/C15H19FN2O3/c1-15(2,21-12-5-3-11(16)4-6-12)14(20)18-9-7-13(19)17-8-10-18/h3-6H,7-10H2,1-2H3,(H,17,19). The lowest BCUT2D eigenvalue weighted by atomic mass is 10.1. The molecule has 0 atom stereocenters. The molecular formula is C15H19FN2O3. The Hall–Kier alpha value is -2.11. The molecule has 1 heterocycles. The zero-order chi connectivity index (χ0) is 15.5. The van der Waals surface area contributed by atoms with E-state index in [1.807, 2.05) is 0 Å². The minimum Gasteiger partial charge on any atom is -0.478 e. The van der Waals surface area contributed by atoms with Crippen LogP contribution in [0.1, 0.15) is 20.3 Å². The molecule has 0 aromatic heterocycles. The van der Waals surface area contributed by atoms with Crippen molar-refractivity contribution in [2.45, 2.75) is 25.9 Å². The van der Waals surface area contributed by atoms with Gasteiger partial charge in [0.1, 0.15) is 11.6 Å². The molecule has 1 saturated heterocycles. The summed E-state index contributed by atoms with van der Waals surface area (Å²) >= 11 is 0. The number of rotatable bonds is 3. The predicted molar refractivity (Wildman–Crippen MR) is 75.3 cm³/mol. The molecule has 1 aliphatic rings. The Morgan fingerprint density at radius 2 is 1.95 bits per heavy atom. The molecule has 0 aliphatic carbocycles. The summed E-state index contributed by atoms with van der Waals surface area (Å²) in [6.45, 7) is 4.61. The number of ether oxygens (including phenoxy) is 1. The predicted octanol–water partition coefficient (Wildman–Crippen LogP) is 1.33. The van der Waals surface area contributed by atoms with Crippen molar-refractivity contribution in [2.75, 3.05) is 19.6 Å². The van der Waals surface area contributed by atoms with Crippen molar-refractivity contribution in [1.29, 1.82) is 0 Å². The summed E-state index contributed by atoms with van der Waals surface area (Å²) in [4.78, 5) is 25.5. The van der Waals surface area contributed by atoms with Gasteiger partial charge >= 0.3 is 0 Å². The van der Waals surface area contributed by atoms with Crippen LogP contribution in [0.15, 0.2) is 24.3 Å². The van der Waals surface area contributed by atoms with Gasteiger partial charge in [-0.3, -0.25) is 9.59 Å². The van der Waals surface area contributed by atoms with Crippen molar-refractivity contribution < 1.29 is 18.7 Å². The van der Waals surface area contributed by atoms with Gasteiger partial charge in [-0.05, 0) is 38.1 Å². The Labute approximate surface area is 123 Å². The number of carbonyl (C=O) groups excluding carboxylic acids is 2. The summed E-state index contributed by atoms with van der Waals surface area (Å²) in [5.41, 5.74) is -1.08. The highest BCUT2D eigenvalue weighted by molar-refractivity contribution is 5.86. The summed E-state index contributed by atoms with van der Waals surface area (Å²) in [6.07, 6.45) is 0.290. The van der Waals surface area contributed by atoms with Crippen LogP contribution < -0.4 is 10.1 Å². The van der Waals surface area contributed by atoms with Crippen molar-refractivity contribution in [2.24, 2.45) is 0 Å². The fourth-order valence-corrected chi connectivity index (χ4v) is 2.19. The topological polar surface area (TPSA) is 58.6 Å². The van der Waals surface area contributed by atoms with Crippen LogP contribution in [0.25, 0.3) is 0 Å². The lowest BCUT2D eigenvalue weighted by molar-refractivity contribution is -0.145. The van der Waals surface area contributed by atoms with Gasteiger partial charge in [-0.2, -0.15) is 0 Å². The molecule has 0 saturated carbocycles. The number of nitrogens with zero attached hydrogens (tertiary/aromatic N) is 1. The van der Waals surface area contributed by atoms with E-state index >= 15 is 0 Å². The molecule has 6 heteroatoms. The molecule has 0 spiro atoms. The molecule has 2 rings (SSSR count). The first-order valence-corrected chi connectivity index (χ1v) is 6.89. The Balaban J connectivity index is 2.05. The van der Waals surface area contributed by atoms with Gasteiger partial charge in [0.15, 0.2) is 5.60 Å². The SMILES string of the molecule is CC(C)(Oc1ccc(F)cc1)C(=O)N1CCNC(=O)CC1. The smallest absolute Gasteiger partial charge is 0.266 e. The van der Waals surface area contributed by atoms with E-state index in [2.05, 4.69) is 5.32 Å². The second-order valence-electron chi connectivity index (χ2n) is 5.46. The molecule has 1 aromatic carbocycles. The van der Waals surface area contributed by atoms with E-state index in [0.717, 1.165) is 0 Å². The first-order valence-electron chi connectivity index (χ1n) is 6.89. The highest BCUT2D eigenvalue weighted by atomic mass is 19.1. The van der Waals surface area contributed by atoms with Crippen molar-refractivity contribution in [3.8, 4) is 5.75 Å². The van der Waals surface area contributed by atoms with E-state index in [1.165, 1.54) is 24.3 Å². The fraction of sp³-hybridized carbons (Fsp3) is 0.467. The van der Waals surface area contributed by atoms with E-state index in [1.54, 1.807) is 18.7 Å². The van der Waals surface area contributed by atoms with Gasteiger partial charge in [0, 0.05) is 26.1 Å². The first-order chi connectivity index (χ1) is 9.88. The molecule has 1 aliphatic heterocycles. The zero-order valence-corrected chi connectivity index (χ0v) is 12.2. The molecular weight excluding hydrogens is 275 g/mol. The third kappa shape index (κ3) is 3.93. The van der Waals surface area contributed by atoms with Crippen molar-refractivity contribution in [3.05, 3.63) is 30.1 Å². The minimum atomic E-state index is -1.08. The molecule has 21 heavy (non-hydrogen) atoms. The van der Waals surface area contributed by atoms with E-state index in [0.29, 0.717) is 31.8 Å². The minimum absolute atomic E-state index is 0.0532. The largest absolute Gasteiger partial charge is 0.478 e. The van der Waals surface area contributed by atoms with Crippen LogP contribution >= 0.6 is 0 Å². The number of amides is 2. The monoisotopic (exact) mass is 294 g/mol. The third-order valence-electron chi connectivity index (χ3n) is 3.30. The maximum absolute atomic E-state index is 12.9. The molecule has 2 amide bonds. The van der Waals surface area contributed by atoms with Crippen LogP contribution in [-0.4, -0.2) is 41.9 Å². The summed E-state index contributed by atoms with van der Waals surface area (Å²) in [5.74, 6) is -0.173. The summed E-state index contributed by atoms with van der Waals surface area (Å²) in [7, 11) is 0. The van der Waals surface area contributed by atoms with Crippen LogP contribution in [0, 0.1) is 5.82 Å². The second kappa shape index (κ2) is 6.11. The van der Waals surface area contributed by atoms with Crippen LogP contribution in [-0.2, 0) is 9.59 Å². The lowest BCUT2D eigenvalue weighted by Gasteiger charge is -2.31. The van der Waals surface area contributed by atoms with Crippen molar-refractivity contribution in [3.63, 3.8) is 0 Å². The number of hydrogen-bond acceptors (Lipinski definition) is 3. The molecule has 1 fully saturated rings. The molecule has 0 unspecified atom stereocenters. The molecule has 114 valence electrons. The van der Waals surface area contributed by atoms with Crippen LogP contribution in [0.5, 0.6) is 5.75 Å². The Bertz CT molecular complexity index is 528. The van der Waals surface area contributed by atoms with Gasteiger partial charge in [-0.1, -0.05) is 0 Å². The maximum Gasteiger partial charge on any atom is 0.266 e. The lowest BCUT2D eigenvalue weighted by Crippen LogP contribution is -2.49.